The molecule has 2 unspecified atom stereocenters. The van der Waals surface area contributed by atoms with Crippen molar-refractivity contribution >= 4 is 11.8 Å². The van der Waals surface area contributed by atoms with Gasteiger partial charge < -0.3 is 15.2 Å². The normalized spacial score (nSPS) is 23.0. The van der Waals surface area contributed by atoms with Crippen molar-refractivity contribution in [1.29, 1.82) is 0 Å². The Kier molecular flexibility index (Phi) is 4.22. The SMILES string of the molecule is CC1CC1C(=O)N1CCC(c2nc(-c3ccc(C(N)=O)cc3)no2)CC1. The molecule has 2 atom stereocenters. The van der Waals surface area contributed by atoms with Crippen LogP contribution < -0.4 is 5.73 Å². The van der Waals surface area contributed by atoms with Gasteiger partial charge in [-0.2, -0.15) is 4.98 Å². The monoisotopic (exact) mass is 354 g/mol. The van der Waals surface area contributed by atoms with Crippen LogP contribution in [0.4, 0.5) is 0 Å². The Hall–Kier alpha value is -2.70. The van der Waals surface area contributed by atoms with Gasteiger partial charge in [-0.15, -0.1) is 0 Å². The maximum absolute atomic E-state index is 12.3. The zero-order valence-electron chi connectivity index (χ0n) is 14.7. The first-order valence-electron chi connectivity index (χ1n) is 9.05. The number of nitrogens with zero attached hydrogens (tertiary/aromatic N) is 3. The summed E-state index contributed by atoms with van der Waals surface area (Å²) in [6, 6.07) is 6.81. The molecule has 1 aliphatic heterocycles. The topological polar surface area (TPSA) is 102 Å². The summed E-state index contributed by atoms with van der Waals surface area (Å²) in [5.74, 6) is 1.92. The molecule has 0 bridgehead atoms. The minimum Gasteiger partial charge on any atom is -0.366 e. The van der Waals surface area contributed by atoms with E-state index in [1.54, 1.807) is 24.3 Å². The molecule has 136 valence electrons. The summed E-state index contributed by atoms with van der Waals surface area (Å²) in [7, 11) is 0. The average Bonchev–Trinajstić information content (AvgIpc) is 3.19. The fourth-order valence-corrected chi connectivity index (χ4v) is 3.55. The number of benzene rings is 1. The molecule has 0 spiro atoms. The van der Waals surface area contributed by atoms with Crippen LogP contribution in [0.2, 0.25) is 0 Å². The lowest BCUT2D eigenvalue weighted by atomic mass is 9.96. The van der Waals surface area contributed by atoms with Crippen molar-refractivity contribution in [2.24, 2.45) is 17.6 Å². The summed E-state index contributed by atoms with van der Waals surface area (Å²) >= 11 is 0. The first-order chi connectivity index (χ1) is 12.5. The van der Waals surface area contributed by atoms with E-state index in [0.29, 0.717) is 29.1 Å². The van der Waals surface area contributed by atoms with E-state index in [4.69, 9.17) is 10.3 Å². The van der Waals surface area contributed by atoms with Gasteiger partial charge in [0.25, 0.3) is 0 Å². The molecule has 0 radical (unpaired) electrons. The summed E-state index contributed by atoms with van der Waals surface area (Å²) in [4.78, 5) is 29.9. The van der Waals surface area contributed by atoms with Crippen LogP contribution in [0.5, 0.6) is 0 Å². The number of aromatic nitrogens is 2. The molecule has 2 aromatic rings. The fraction of sp³-hybridized carbons (Fsp3) is 0.474. The van der Waals surface area contributed by atoms with E-state index >= 15 is 0 Å². The second-order valence-electron chi connectivity index (χ2n) is 7.32. The molecule has 1 saturated carbocycles. The molecule has 2 aliphatic rings. The standard InChI is InChI=1S/C19H22N4O3/c1-11-10-15(11)19(25)23-8-6-14(7-9-23)18-21-17(22-26-18)13-4-2-12(3-5-13)16(20)24/h2-5,11,14-15H,6-10H2,1H3,(H2,20,24). The Morgan fingerprint density at radius 2 is 1.85 bits per heavy atom. The first kappa shape index (κ1) is 16.8. The Bertz CT molecular complexity index is 822. The third kappa shape index (κ3) is 3.21. The number of carbonyl (C=O) groups is 2. The number of carbonyl (C=O) groups excluding carboxylic acids is 2. The van der Waals surface area contributed by atoms with Crippen molar-refractivity contribution in [2.45, 2.75) is 32.1 Å². The highest BCUT2D eigenvalue weighted by atomic mass is 16.5. The van der Waals surface area contributed by atoms with E-state index < -0.39 is 5.91 Å². The number of amides is 2. The van der Waals surface area contributed by atoms with Crippen molar-refractivity contribution in [3.8, 4) is 11.4 Å². The lowest BCUT2D eigenvalue weighted by Gasteiger charge is -2.30. The molecule has 2 heterocycles. The predicted octanol–water partition coefficient (Wildman–Crippen LogP) is 2.20. The van der Waals surface area contributed by atoms with Gasteiger partial charge in [-0.1, -0.05) is 24.2 Å². The smallest absolute Gasteiger partial charge is 0.248 e. The summed E-state index contributed by atoms with van der Waals surface area (Å²) < 4.78 is 5.45. The second-order valence-corrected chi connectivity index (χ2v) is 7.32. The van der Waals surface area contributed by atoms with Crippen LogP contribution in [0, 0.1) is 11.8 Å². The number of primary amides is 1. The molecular weight excluding hydrogens is 332 g/mol. The van der Waals surface area contributed by atoms with Crippen molar-refractivity contribution in [2.75, 3.05) is 13.1 Å². The van der Waals surface area contributed by atoms with Gasteiger partial charge in [0.1, 0.15) is 0 Å². The minimum absolute atomic E-state index is 0.182. The number of likely N-dealkylation sites (tertiary alicyclic amines) is 1. The van der Waals surface area contributed by atoms with Gasteiger partial charge in [0.05, 0.1) is 0 Å². The quantitative estimate of drug-likeness (QED) is 0.907. The largest absolute Gasteiger partial charge is 0.366 e. The maximum Gasteiger partial charge on any atom is 0.248 e. The predicted molar refractivity (Wildman–Crippen MR) is 94.1 cm³/mol. The molecule has 1 saturated heterocycles. The molecular formula is C19H22N4O3. The highest BCUT2D eigenvalue weighted by Crippen LogP contribution is 2.40. The van der Waals surface area contributed by atoms with E-state index in [-0.39, 0.29) is 11.8 Å². The summed E-state index contributed by atoms with van der Waals surface area (Å²) in [5.41, 5.74) is 6.47. The number of rotatable bonds is 4. The molecule has 4 rings (SSSR count). The van der Waals surface area contributed by atoms with Gasteiger partial charge >= 0.3 is 0 Å². The average molecular weight is 354 g/mol. The summed E-state index contributed by atoms with van der Waals surface area (Å²) in [5, 5.41) is 4.06. The Balaban J connectivity index is 1.39. The molecule has 7 nitrogen and oxygen atoms in total. The molecule has 1 aliphatic carbocycles. The molecule has 2 fully saturated rings. The van der Waals surface area contributed by atoms with Crippen LogP contribution in [-0.2, 0) is 4.79 Å². The van der Waals surface area contributed by atoms with Gasteiger partial charge in [-0.3, -0.25) is 9.59 Å². The van der Waals surface area contributed by atoms with Gasteiger partial charge in [0, 0.05) is 36.1 Å². The summed E-state index contributed by atoms with van der Waals surface area (Å²) in [6.45, 7) is 3.63. The number of nitrogens with two attached hydrogens (primary N) is 1. The van der Waals surface area contributed by atoms with Crippen molar-refractivity contribution in [1.82, 2.24) is 15.0 Å². The molecule has 7 heteroatoms. The Morgan fingerprint density at radius 1 is 1.19 bits per heavy atom. The van der Waals surface area contributed by atoms with E-state index in [1.165, 1.54) is 0 Å². The van der Waals surface area contributed by atoms with Crippen LogP contribution >= 0.6 is 0 Å². The van der Waals surface area contributed by atoms with Crippen LogP contribution in [0.15, 0.2) is 28.8 Å². The van der Waals surface area contributed by atoms with Crippen LogP contribution in [0.25, 0.3) is 11.4 Å². The summed E-state index contributed by atoms with van der Waals surface area (Å²) in [6.07, 6.45) is 2.71. The molecule has 26 heavy (non-hydrogen) atoms. The van der Waals surface area contributed by atoms with Crippen LogP contribution in [0.3, 0.4) is 0 Å². The van der Waals surface area contributed by atoms with Gasteiger partial charge in [0.2, 0.25) is 23.5 Å². The van der Waals surface area contributed by atoms with Crippen LogP contribution in [-0.4, -0.2) is 39.9 Å². The molecule has 1 aromatic carbocycles. The third-order valence-electron chi connectivity index (χ3n) is 5.45. The number of hydrogen-bond acceptors (Lipinski definition) is 5. The van der Waals surface area contributed by atoms with Crippen molar-refractivity contribution < 1.29 is 14.1 Å². The zero-order valence-corrected chi connectivity index (χ0v) is 14.7. The lowest BCUT2D eigenvalue weighted by Crippen LogP contribution is -2.39. The Morgan fingerprint density at radius 3 is 2.42 bits per heavy atom. The molecule has 2 N–H and O–H groups in total. The number of hydrogen-bond donors (Lipinski definition) is 1. The minimum atomic E-state index is -0.466. The fourth-order valence-electron chi connectivity index (χ4n) is 3.55. The number of piperidine rings is 1. The Labute approximate surface area is 151 Å². The highest BCUT2D eigenvalue weighted by Gasteiger charge is 2.42. The van der Waals surface area contributed by atoms with E-state index in [1.807, 2.05) is 4.90 Å². The van der Waals surface area contributed by atoms with E-state index in [2.05, 4.69) is 17.1 Å². The van der Waals surface area contributed by atoms with Crippen LogP contribution in [0.1, 0.15) is 48.4 Å². The van der Waals surface area contributed by atoms with Crippen molar-refractivity contribution in [3.63, 3.8) is 0 Å². The maximum atomic E-state index is 12.3. The van der Waals surface area contributed by atoms with Gasteiger partial charge in [-0.05, 0) is 37.3 Å². The highest BCUT2D eigenvalue weighted by molar-refractivity contribution is 5.93. The van der Waals surface area contributed by atoms with E-state index in [9.17, 15) is 9.59 Å². The first-order valence-corrected chi connectivity index (χ1v) is 9.05. The van der Waals surface area contributed by atoms with Crippen molar-refractivity contribution in [3.05, 3.63) is 35.7 Å². The lowest BCUT2D eigenvalue weighted by molar-refractivity contribution is -0.134. The van der Waals surface area contributed by atoms with Gasteiger partial charge in [-0.25, -0.2) is 0 Å². The molecule has 2 amide bonds. The third-order valence-corrected chi connectivity index (χ3v) is 5.45. The second kappa shape index (κ2) is 6.55. The van der Waals surface area contributed by atoms with E-state index in [0.717, 1.165) is 37.9 Å². The molecule has 1 aromatic heterocycles. The van der Waals surface area contributed by atoms with Gasteiger partial charge in [0.15, 0.2) is 0 Å². The zero-order chi connectivity index (χ0) is 18.3.